The third kappa shape index (κ3) is 7.92. The van der Waals surface area contributed by atoms with Crippen LogP contribution >= 0.6 is 0 Å². The number of aryl methyl sites for hydroxylation is 1. The number of amides is 4. The number of aromatic amines is 1. The van der Waals surface area contributed by atoms with Crippen LogP contribution in [0.1, 0.15) is 69.4 Å². The Morgan fingerprint density at radius 1 is 0.957 bits per heavy atom. The van der Waals surface area contributed by atoms with Crippen LogP contribution in [0.3, 0.4) is 0 Å². The molecule has 252 valence electrons. The molecule has 4 aliphatic rings. The molecular formula is C37H50N6O4. The van der Waals surface area contributed by atoms with Crippen molar-refractivity contribution < 1.29 is 19.1 Å². The topological polar surface area (TPSA) is 150 Å². The summed E-state index contributed by atoms with van der Waals surface area (Å²) in [6.07, 6.45) is 9.76. The van der Waals surface area contributed by atoms with Gasteiger partial charge in [0.1, 0.15) is 11.6 Å². The number of anilines is 1. The van der Waals surface area contributed by atoms with Gasteiger partial charge in [-0.1, -0.05) is 42.8 Å². The second kappa shape index (κ2) is 14.4. The quantitative estimate of drug-likeness (QED) is 0.131. The summed E-state index contributed by atoms with van der Waals surface area (Å²) in [5.74, 6) is 2.13. The molecule has 4 bridgehead atoms. The first kappa shape index (κ1) is 32.9. The van der Waals surface area contributed by atoms with E-state index in [0.717, 1.165) is 78.1 Å². The molecule has 3 aromatic rings. The van der Waals surface area contributed by atoms with Gasteiger partial charge in [-0.05, 0) is 106 Å². The Morgan fingerprint density at radius 2 is 1.66 bits per heavy atom. The highest BCUT2D eigenvalue weighted by atomic mass is 16.6. The molecule has 47 heavy (non-hydrogen) atoms. The van der Waals surface area contributed by atoms with E-state index in [0.29, 0.717) is 31.2 Å². The summed E-state index contributed by atoms with van der Waals surface area (Å²) in [6.45, 7) is 4.51. The highest BCUT2D eigenvalue weighted by Gasteiger charge is 2.50. The molecule has 7 rings (SSSR count). The highest BCUT2D eigenvalue weighted by Crippen LogP contribution is 2.54. The van der Waals surface area contributed by atoms with Crippen LogP contribution in [0.4, 0.5) is 15.3 Å². The van der Waals surface area contributed by atoms with Crippen LogP contribution in [0.2, 0.25) is 0 Å². The molecule has 2 aromatic carbocycles. The third-order valence-electron chi connectivity index (χ3n) is 10.7. The summed E-state index contributed by atoms with van der Waals surface area (Å²) in [5.41, 5.74) is 8.86. The maximum absolute atomic E-state index is 13.8. The average molecular weight is 643 g/mol. The first-order chi connectivity index (χ1) is 22.7. The van der Waals surface area contributed by atoms with Crippen LogP contribution < -0.4 is 27.0 Å². The van der Waals surface area contributed by atoms with Crippen molar-refractivity contribution in [3.63, 3.8) is 0 Å². The molecule has 0 aliphatic heterocycles. The van der Waals surface area contributed by atoms with Crippen molar-refractivity contribution >= 4 is 34.6 Å². The van der Waals surface area contributed by atoms with Crippen LogP contribution in [-0.4, -0.2) is 53.8 Å². The largest absolute Gasteiger partial charge is 0.446 e. The molecule has 10 nitrogen and oxygen atoms in total. The van der Waals surface area contributed by atoms with E-state index in [1.165, 1.54) is 6.42 Å². The minimum absolute atomic E-state index is 0.0698. The number of benzene rings is 2. The zero-order valence-electron chi connectivity index (χ0n) is 27.6. The fourth-order valence-corrected chi connectivity index (χ4v) is 8.42. The molecular weight excluding hydrogens is 592 g/mol. The number of fused-ring (bicyclic) bond motifs is 1. The van der Waals surface area contributed by atoms with Gasteiger partial charge in [0.2, 0.25) is 5.91 Å². The first-order valence-electron chi connectivity index (χ1n) is 17.3. The summed E-state index contributed by atoms with van der Waals surface area (Å²) >= 11 is 0. The van der Waals surface area contributed by atoms with E-state index in [4.69, 9.17) is 10.5 Å². The van der Waals surface area contributed by atoms with E-state index in [2.05, 4.69) is 26.3 Å². The summed E-state index contributed by atoms with van der Waals surface area (Å²) in [5, 5.41) is 12.8. The van der Waals surface area contributed by atoms with Gasteiger partial charge in [-0.15, -0.1) is 0 Å². The average Bonchev–Trinajstić information content (AvgIpc) is 3.44. The Morgan fingerprint density at radius 3 is 2.40 bits per heavy atom. The Bertz CT molecular complexity index is 1540. The van der Waals surface area contributed by atoms with Crippen LogP contribution in [-0.2, 0) is 16.0 Å². The fraction of sp³-hybridized carbons (Fsp3) is 0.541. The molecule has 0 spiro atoms. The Labute approximate surface area is 277 Å². The molecule has 1 aromatic heterocycles. The number of urea groups is 1. The van der Waals surface area contributed by atoms with Crippen molar-refractivity contribution in [1.82, 2.24) is 20.9 Å². The number of ether oxygens (including phenoxy) is 1. The number of alkyl carbamates (subject to hydrolysis) is 1. The van der Waals surface area contributed by atoms with Crippen LogP contribution in [0.15, 0.2) is 54.7 Å². The lowest BCUT2D eigenvalue weighted by Crippen LogP contribution is -2.60. The van der Waals surface area contributed by atoms with Gasteiger partial charge in [0.05, 0.1) is 0 Å². The van der Waals surface area contributed by atoms with Gasteiger partial charge in [-0.25, -0.2) is 9.59 Å². The van der Waals surface area contributed by atoms with Crippen LogP contribution in [0.25, 0.3) is 10.9 Å². The number of carbonyl (C=O) groups excluding carboxylic acids is 3. The van der Waals surface area contributed by atoms with E-state index in [9.17, 15) is 14.4 Å². The molecule has 2 atom stereocenters. The van der Waals surface area contributed by atoms with Gasteiger partial charge in [0.15, 0.2) is 0 Å². The number of para-hydroxylation sites is 2. The van der Waals surface area contributed by atoms with Gasteiger partial charge in [0.25, 0.3) is 0 Å². The maximum Gasteiger partial charge on any atom is 0.408 e. The van der Waals surface area contributed by atoms with Gasteiger partial charge in [-0.2, -0.15) is 0 Å². The van der Waals surface area contributed by atoms with Crippen molar-refractivity contribution in [1.29, 1.82) is 0 Å². The lowest BCUT2D eigenvalue weighted by Gasteiger charge is -2.53. The Hall–Kier alpha value is -4.05. The number of hydrogen-bond acceptors (Lipinski definition) is 5. The minimum Gasteiger partial charge on any atom is -0.446 e. The number of H-pyrrole nitrogens is 1. The van der Waals surface area contributed by atoms with E-state index in [-0.39, 0.29) is 30.6 Å². The number of hydrogen-bond donors (Lipinski definition) is 6. The fourth-order valence-electron chi connectivity index (χ4n) is 8.42. The summed E-state index contributed by atoms with van der Waals surface area (Å²) in [4.78, 5) is 42.8. The lowest BCUT2D eigenvalue weighted by molar-refractivity contribution is -0.127. The number of rotatable bonds is 13. The van der Waals surface area contributed by atoms with Gasteiger partial charge < -0.3 is 36.7 Å². The van der Waals surface area contributed by atoms with E-state index in [1.807, 2.05) is 61.7 Å². The van der Waals surface area contributed by atoms with E-state index >= 15 is 0 Å². The number of nitrogens with two attached hydrogens (primary N) is 1. The summed E-state index contributed by atoms with van der Waals surface area (Å²) < 4.78 is 6.14. The first-order valence-corrected chi connectivity index (χ1v) is 17.3. The maximum atomic E-state index is 13.8. The number of carbonyl (C=O) groups is 3. The van der Waals surface area contributed by atoms with Gasteiger partial charge in [0, 0.05) is 48.3 Å². The predicted molar refractivity (Wildman–Crippen MR) is 184 cm³/mol. The lowest BCUT2D eigenvalue weighted by atomic mass is 9.55. The third-order valence-corrected chi connectivity index (χ3v) is 10.7. The molecule has 0 unspecified atom stereocenters. The number of unbranched alkanes of at least 4 members (excludes halogenated alkanes) is 1. The molecule has 4 fully saturated rings. The normalized spacial score (nSPS) is 24.7. The highest BCUT2D eigenvalue weighted by molar-refractivity contribution is 5.92. The Balaban J connectivity index is 1.00. The standard InChI is InChI=1S/C37H50N6O4/c1-23-9-3-5-12-31(23)42-35(45)39-14-8-7-10-29(38)22-41-34(44)37(2,20-28-21-40-32-13-6-4-11-30(28)32)43-36(46)47-33-26-16-24-15-25(18-26)19-27(33)17-24/h3-6,9,11-13,21,24-27,29,33,40H,7-8,10,14-20,22,38H2,1-2H3,(H,41,44)(H,43,46)(H2,39,42,45)/t24?,25?,26?,27?,29-,33?,37+/m1/s1. The van der Waals surface area contributed by atoms with Crippen molar-refractivity contribution in [2.24, 2.45) is 29.4 Å². The van der Waals surface area contributed by atoms with Gasteiger partial charge in [-0.3, -0.25) is 4.79 Å². The number of aromatic nitrogens is 1. The van der Waals surface area contributed by atoms with Crippen molar-refractivity contribution in [3.8, 4) is 0 Å². The molecule has 7 N–H and O–H groups in total. The van der Waals surface area contributed by atoms with E-state index < -0.39 is 11.6 Å². The second-order valence-corrected chi connectivity index (χ2v) is 14.5. The molecule has 4 aliphatic carbocycles. The molecule has 4 amide bonds. The SMILES string of the molecule is Cc1ccccc1NC(=O)NCCCC[C@@H](N)CNC(=O)[C@](C)(Cc1c[nH]c2ccccc12)NC(=O)OC1C2CC3CC(C2)CC1C3. The Kier molecular flexibility index (Phi) is 10.1. The second-order valence-electron chi connectivity index (χ2n) is 14.5. The van der Waals surface area contributed by atoms with Crippen LogP contribution in [0, 0.1) is 30.6 Å². The zero-order chi connectivity index (χ0) is 33.0. The van der Waals surface area contributed by atoms with Gasteiger partial charge >= 0.3 is 12.1 Å². The molecule has 0 saturated heterocycles. The monoisotopic (exact) mass is 642 g/mol. The summed E-state index contributed by atoms with van der Waals surface area (Å²) in [7, 11) is 0. The molecule has 4 saturated carbocycles. The smallest absolute Gasteiger partial charge is 0.408 e. The van der Waals surface area contributed by atoms with Crippen molar-refractivity contribution in [2.45, 2.75) is 89.3 Å². The van der Waals surface area contributed by atoms with E-state index in [1.54, 1.807) is 6.92 Å². The number of nitrogens with one attached hydrogen (secondary N) is 5. The molecule has 0 radical (unpaired) electrons. The zero-order valence-corrected chi connectivity index (χ0v) is 27.6. The van der Waals surface area contributed by atoms with Crippen molar-refractivity contribution in [3.05, 3.63) is 65.9 Å². The van der Waals surface area contributed by atoms with Crippen LogP contribution in [0.5, 0.6) is 0 Å². The molecule has 1 heterocycles. The minimum atomic E-state index is -1.25. The molecule has 10 heteroatoms. The summed E-state index contributed by atoms with van der Waals surface area (Å²) in [6, 6.07) is 15.1. The van der Waals surface area contributed by atoms with Crippen molar-refractivity contribution in [2.75, 3.05) is 18.4 Å². The predicted octanol–water partition coefficient (Wildman–Crippen LogP) is 5.76.